The number of rotatable bonds is 5. The molecule has 1 aliphatic heterocycles. The third-order valence-corrected chi connectivity index (χ3v) is 4.67. The van der Waals surface area contributed by atoms with Crippen LogP contribution in [0.15, 0.2) is 0 Å². The van der Waals surface area contributed by atoms with Crippen molar-refractivity contribution < 1.29 is 9.53 Å². The lowest BCUT2D eigenvalue weighted by Crippen LogP contribution is -2.37. The number of nitrogens with zero attached hydrogens (tertiary/aromatic N) is 3. The minimum atomic E-state index is -0.0633. The summed E-state index contributed by atoms with van der Waals surface area (Å²) in [7, 11) is 3.76. The zero-order valence-corrected chi connectivity index (χ0v) is 13.1. The zero-order valence-electron chi connectivity index (χ0n) is 12.3. The van der Waals surface area contributed by atoms with Crippen molar-refractivity contribution in [2.45, 2.75) is 25.8 Å². The van der Waals surface area contributed by atoms with E-state index in [1.54, 1.807) is 11.9 Å². The lowest BCUT2D eigenvalue weighted by atomic mass is 10.2. The molecule has 1 aliphatic rings. The van der Waals surface area contributed by atoms with Crippen LogP contribution in [0.2, 0.25) is 0 Å². The van der Waals surface area contributed by atoms with Crippen molar-refractivity contribution in [3.05, 3.63) is 4.88 Å². The first kappa shape index (κ1) is 15.1. The van der Waals surface area contributed by atoms with Crippen molar-refractivity contribution >= 4 is 28.2 Å². The Morgan fingerprint density at radius 3 is 2.90 bits per heavy atom. The molecule has 1 aromatic rings. The monoisotopic (exact) mass is 298 g/mol. The summed E-state index contributed by atoms with van der Waals surface area (Å²) in [6, 6.07) is 0.140. The van der Waals surface area contributed by atoms with Crippen LogP contribution < -0.4 is 10.6 Å². The van der Waals surface area contributed by atoms with Crippen molar-refractivity contribution in [3.8, 4) is 0 Å². The van der Waals surface area contributed by atoms with Gasteiger partial charge >= 0.3 is 0 Å². The van der Waals surface area contributed by atoms with Gasteiger partial charge in [0.15, 0.2) is 5.13 Å². The Labute approximate surface area is 123 Å². The molecule has 0 saturated carbocycles. The van der Waals surface area contributed by atoms with E-state index in [1.165, 1.54) is 11.3 Å². The van der Waals surface area contributed by atoms with E-state index in [0.717, 1.165) is 24.5 Å². The van der Waals surface area contributed by atoms with E-state index in [2.05, 4.69) is 11.9 Å². The van der Waals surface area contributed by atoms with Crippen molar-refractivity contribution in [1.82, 2.24) is 9.88 Å². The van der Waals surface area contributed by atoms with Gasteiger partial charge in [-0.2, -0.15) is 0 Å². The summed E-state index contributed by atoms with van der Waals surface area (Å²) in [5, 5.41) is 0.795. The Morgan fingerprint density at radius 2 is 2.30 bits per heavy atom. The molecule has 6 nitrogen and oxygen atoms in total. The van der Waals surface area contributed by atoms with Crippen LogP contribution in [0.5, 0.6) is 0 Å². The third kappa shape index (κ3) is 3.04. The fourth-order valence-electron chi connectivity index (χ4n) is 2.22. The van der Waals surface area contributed by atoms with Crippen molar-refractivity contribution in [1.29, 1.82) is 0 Å². The van der Waals surface area contributed by atoms with Crippen LogP contribution in [0.25, 0.3) is 0 Å². The van der Waals surface area contributed by atoms with Crippen LogP contribution in [0.4, 0.5) is 10.9 Å². The molecule has 2 heterocycles. The maximum Gasteiger partial charge on any atom is 0.267 e. The SMILES string of the molecule is CCCN(C)c1nc(N)c(C(=O)N(C)C2CCOC2)s1. The van der Waals surface area contributed by atoms with Gasteiger partial charge < -0.3 is 20.3 Å². The second kappa shape index (κ2) is 6.41. The molecule has 0 radical (unpaired) electrons. The number of anilines is 2. The normalized spacial score (nSPS) is 18.2. The minimum absolute atomic E-state index is 0.0633. The molecular weight excluding hydrogens is 276 g/mol. The van der Waals surface area contributed by atoms with Crippen LogP contribution >= 0.6 is 11.3 Å². The van der Waals surface area contributed by atoms with E-state index in [9.17, 15) is 4.79 Å². The average molecular weight is 298 g/mol. The van der Waals surface area contributed by atoms with Crippen molar-refractivity contribution in [2.24, 2.45) is 0 Å². The molecule has 1 atom stereocenters. The second-order valence-corrected chi connectivity index (χ2v) is 6.04. The Morgan fingerprint density at radius 1 is 1.55 bits per heavy atom. The summed E-state index contributed by atoms with van der Waals surface area (Å²) in [6.45, 7) is 4.31. The van der Waals surface area contributed by atoms with Gasteiger partial charge in [0, 0.05) is 27.2 Å². The number of nitrogens with two attached hydrogens (primary N) is 1. The molecule has 1 saturated heterocycles. The lowest BCUT2D eigenvalue weighted by Gasteiger charge is -2.22. The van der Waals surface area contributed by atoms with E-state index in [-0.39, 0.29) is 11.9 Å². The molecule has 1 unspecified atom stereocenters. The molecule has 2 N–H and O–H groups in total. The first-order valence-corrected chi connectivity index (χ1v) is 7.68. The van der Waals surface area contributed by atoms with Gasteiger partial charge in [-0.05, 0) is 12.8 Å². The molecule has 1 aromatic heterocycles. The van der Waals surface area contributed by atoms with Gasteiger partial charge in [0.2, 0.25) is 0 Å². The third-order valence-electron chi connectivity index (χ3n) is 3.50. The largest absolute Gasteiger partial charge is 0.382 e. The summed E-state index contributed by atoms with van der Waals surface area (Å²) in [5.41, 5.74) is 5.91. The van der Waals surface area contributed by atoms with Gasteiger partial charge in [-0.15, -0.1) is 0 Å². The number of nitrogen functional groups attached to an aromatic ring is 1. The summed E-state index contributed by atoms with van der Waals surface area (Å²) in [6.07, 6.45) is 1.90. The predicted molar refractivity (Wildman–Crippen MR) is 81.4 cm³/mol. The molecule has 0 bridgehead atoms. The van der Waals surface area contributed by atoms with Crippen molar-refractivity contribution in [3.63, 3.8) is 0 Å². The summed E-state index contributed by atoms with van der Waals surface area (Å²) in [4.78, 5) is 21.1. The lowest BCUT2D eigenvalue weighted by molar-refractivity contribution is 0.0717. The number of hydrogen-bond donors (Lipinski definition) is 1. The average Bonchev–Trinajstić information content (AvgIpc) is 3.06. The standard InChI is InChI=1S/C13H22N4O2S/c1-4-6-16(2)13-15-11(14)10(20-13)12(18)17(3)9-5-7-19-8-9/h9H,4-8,14H2,1-3H3. The summed E-state index contributed by atoms with van der Waals surface area (Å²) in [5.74, 6) is 0.260. The highest BCUT2D eigenvalue weighted by atomic mass is 32.1. The number of likely N-dealkylation sites (N-methyl/N-ethyl adjacent to an activating group) is 1. The number of carbonyl (C=O) groups excluding carboxylic acids is 1. The van der Waals surface area contributed by atoms with Gasteiger partial charge in [0.05, 0.1) is 12.6 Å². The molecule has 1 amide bonds. The number of amides is 1. The number of thiazole rings is 1. The Hall–Kier alpha value is -1.34. The van der Waals surface area contributed by atoms with Crippen LogP contribution in [-0.4, -0.2) is 55.7 Å². The van der Waals surface area contributed by atoms with Crippen LogP contribution in [0.1, 0.15) is 29.4 Å². The van der Waals surface area contributed by atoms with E-state index < -0.39 is 0 Å². The topological polar surface area (TPSA) is 71.7 Å². The highest BCUT2D eigenvalue weighted by Crippen LogP contribution is 2.29. The van der Waals surface area contributed by atoms with Gasteiger partial charge in [-0.3, -0.25) is 4.79 Å². The molecule has 0 aromatic carbocycles. The highest BCUT2D eigenvalue weighted by Gasteiger charge is 2.28. The molecule has 1 fully saturated rings. The molecule has 0 spiro atoms. The Bertz CT molecular complexity index is 471. The van der Waals surface area contributed by atoms with Crippen LogP contribution in [0.3, 0.4) is 0 Å². The number of aromatic nitrogens is 1. The highest BCUT2D eigenvalue weighted by molar-refractivity contribution is 7.18. The van der Waals surface area contributed by atoms with Gasteiger partial charge in [0.1, 0.15) is 10.7 Å². The molecular formula is C13H22N4O2S. The van der Waals surface area contributed by atoms with Crippen molar-refractivity contribution in [2.75, 3.05) is 44.5 Å². The molecule has 20 heavy (non-hydrogen) atoms. The maximum absolute atomic E-state index is 12.5. The van der Waals surface area contributed by atoms with Crippen LogP contribution in [0, 0.1) is 0 Å². The number of hydrogen-bond acceptors (Lipinski definition) is 6. The van der Waals surface area contributed by atoms with Gasteiger partial charge in [0.25, 0.3) is 5.91 Å². The summed E-state index contributed by atoms with van der Waals surface area (Å²) >= 11 is 1.36. The quantitative estimate of drug-likeness (QED) is 0.890. The van der Waals surface area contributed by atoms with E-state index in [4.69, 9.17) is 10.5 Å². The predicted octanol–water partition coefficient (Wildman–Crippen LogP) is 1.43. The number of ether oxygens (including phenoxy) is 1. The fourth-order valence-corrected chi connectivity index (χ4v) is 3.18. The second-order valence-electron chi connectivity index (χ2n) is 5.07. The van der Waals surface area contributed by atoms with E-state index >= 15 is 0 Å². The fraction of sp³-hybridized carbons (Fsp3) is 0.692. The summed E-state index contributed by atoms with van der Waals surface area (Å²) < 4.78 is 5.32. The molecule has 2 rings (SSSR count). The first-order valence-electron chi connectivity index (χ1n) is 6.87. The maximum atomic E-state index is 12.5. The molecule has 0 aliphatic carbocycles. The zero-order chi connectivity index (χ0) is 14.7. The Balaban J connectivity index is 2.13. The minimum Gasteiger partial charge on any atom is -0.382 e. The number of carbonyl (C=O) groups is 1. The molecule has 7 heteroatoms. The molecule has 112 valence electrons. The first-order chi connectivity index (χ1) is 9.54. The smallest absolute Gasteiger partial charge is 0.267 e. The van der Waals surface area contributed by atoms with Gasteiger partial charge in [-0.1, -0.05) is 18.3 Å². The Kier molecular flexibility index (Phi) is 4.82. The van der Waals surface area contributed by atoms with E-state index in [0.29, 0.717) is 23.9 Å². The van der Waals surface area contributed by atoms with Gasteiger partial charge in [-0.25, -0.2) is 4.98 Å². The van der Waals surface area contributed by atoms with E-state index in [1.807, 2.05) is 11.9 Å². The van der Waals surface area contributed by atoms with Crippen LogP contribution in [-0.2, 0) is 4.74 Å².